The molecule has 1 aliphatic heterocycles. The molecule has 3 rings (SSSR count). The third kappa shape index (κ3) is 3.65. The van der Waals surface area contributed by atoms with Crippen molar-refractivity contribution in [3.05, 3.63) is 34.9 Å². The van der Waals surface area contributed by atoms with Crippen molar-refractivity contribution >= 4 is 5.91 Å². The number of aryl methyl sites for hydroxylation is 2. The van der Waals surface area contributed by atoms with Crippen LogP contribution in [0.25, 0.3) is 0 Å². The number of nitrogens with zero attached hydrogens (tertiary/aromatic N) is 1. The minimum atomic E-state index is 0.329. The van der Waals surface area contributed by atoms with Gasteiger partial charge in [-0.15, -0.1) is 0 Å². The van der Waals surface area contributed by atoms with E-state index >= 15 is 0 Å². The molecule has 114 valence electrons. The van der Waals surface area contributed by atoms with Crippen molar-refractivity contribution in [2.45, 2.75) is 64.6 Å². The summed E-state index contributed by atoms with van der Waals surface area (Å²) in [6, 6.07) is 7.45. The highest BCUT2D eigenvalue weighted by atomic mass is 16.2. The molecule has 1 saturated carbocycles. The monoisotopic (exact) mass is 286 g/mol. The van der Waals surface area contributed by atoms with Gasteiger partial charge in [-0.2, -0.15) is 0 Å². The molecule has 1 saturated heterocycles. The van der Waals surface area contributed by atoms with Crippen molar-refractivity contribution in [2.75, 3.05) is 6.54 Å². The Morgan fingerprint density at radius 3 is 2.67 bits per heavy atom. The molecule has 1 atom stereocenters. The van der Waals surface area contributed by atoms with E-state index in [1.54, 1.807) is 0 Å². The van der Waals surface area contributed by atoms with Crippen LogP contribution in [0.15, 0.2) is 18.2 Å². The van der Waals surface area contributed by atoms with Gasteiger partial charge in [0.15, 0.2) is 0 Å². The summed E-state index contributed by atoms with van der Waals surface area (Å²) in [5.41, 5.74) is 3.89. The highest BCUT2D eigenvalue weighted by molar-refractivity contribution is 5.77. The molecule has 21 heavy (non-hydrogen) atoms. The first-order chi connectivity index (χ1) is 10.1. The summed E-state index contributed by atoms with van der Waals surface area (Å²) >= 11 is 0. The number of nitrogens with one attached hydrogen (secondary N) is 1. The summed E-state index contributed by atoms with van der Waals surface area (Å²) in [6.07, 6.45) is 5.37. The second-order valence-electron chi connectivity index (χ2n) is 6.67. The molecule has 0 radical (unpaired) electrons. The molecule has 0 spiro atoms. The van der Waals surface area contributed by atoms with Gasteiger partial charge < -0.3 is 10.2 Å². The molecule has 1 heterocycles. The highest BCUT2D eigenvalue weighted by Gasteiger charge is 2.33. The number of hydrogen-bond acceptors (Lipinski definition) is 2. The first-order valence-electron chi connectivity index (χ1n) is 8.22. The Bertz CT molecular complexity index is 516. The van der Waals surface area contributed by atoms with Crippen molar-refractivity contribution in [3.8, 4) is 0 Å². The van der Waals surface area contributed by atoms with Gasteiger partial charge in [0.2, 0.25) is 5.91 Å². The Morgan fingerprint density at radius 1 is 1.24 bits per heavy atom. The highest BCUT2D eigenvalue weighted by Crippen LogP contribution is 2.30. The molecule has 1 N–H and O–H groups in total. The molecule has 1 aromatic rings. The molecule has 3 nitrogen and oxygen atoms in total. The van der Waals surface area contributed by atoms with Crippen molar-refractivity contribution in [1.29, 1.82) is 0 Å². The molecule has 0 aromatic heterocycles. The number of rotatable bonds is 5. The predicted octanol–water partition coefficient (Wildman–Crippen LogP) is 2.94. The second-order valence-corrected chi connectivity index (χ2v) is 6.67. The van der Waals surface area contributed by atoms with Crippen LogP contribution in [-0.2, 0) is 11.3 Å². The minimum Gasteiger partial charge on any atom is -0.335 e. The van der Waals surface area contributed by atoms with E-state index in [9.17, 15) is 4.79 Å². The van der Waals surface area contributed by atoms with E-state index < -0.39 is 0 Å². The topological polar surface area (TPSA) is 32.3 Å². The Labute approximate surface area is 127 Å². The lowest BCUT2D eigenvalue weighted by Crippen LogP contribution is -2.37. The predicted molar refractivity (Wildman–Crippen MR) is 85.1 cm³/mol. The minimum absolute atomic E-state index is 0.329. The quantitative estimate of drug-likeness (QED) is 0.902. The van der Waals surface area contributed by atoms with Gasteiger partial charge in [0, 0.05) is 25.0 Å². The molecule has 1 unspecified atom stereocenters. The van der Waals surface area contributed by atoms with Gasteiger partial charge in [-0.05, 0) is 62.8 Å². The van der Waals surface area contributed by atoms with E-state index in [0.29, 0.717) is 24.4 Å². The zero-order valence-corrected chi connectivity index (χ0v) is 13.2. The van der Waals surface area contributed by atoms with Gasteiger partial charge in [-0.3, -0.25) is 4.79 Å². The van der Waals surface area contributed by atoms with Crippen LogP contribution < -0.4 is 5.32 Å². The lowest BCUT2D eigenvalue weighted by Gasteiger charge is -2.24. The van der Waals surface area contributed by atoms with E-state index in [1.807, 2.05) is 0 Å². The third-order valence-electron chi connectivity index (χ3n) is 4.82. The van der Waals surface area contributed by atoms with E-state index in [2.05, 4.69) is 42.3 Å². The van der Waals surface area contributed by atoms with E-state index in [4.69, 9.17) is 0 Å². The van der Waals surface area contributed by atoms with Crippen LogP contribution in [0.1, 0.15) is 48.8 Å². The second kappa shape index (κ2) is 6.18. The van der Waals surface area contributed by atoms with Gasteiger partial charge >= 0.3 is 0 Å². The van der Waals surface area contributed by atoms with E-state index in [0.717, 1.165) is 19.5 Å². The molecule has 0 bridgehead atoms. The summed E-state index contributed by atoms with van der Waals surface area (Å²) in [4.78, 5) is 14.7. The molecule has 3 heteroatoms. The lowest BCUT2D eigenvalue weighted by molar-refractivity contribution is -0.132. The van der Waals surface area contributed by atoms with Crippen molar-refractivity contribution in [1.82, 2.24) is 10.2 Å². The smallest absolute Gasteiger partial charge is 0.224 e. The van der Waals surface area contributed by atoms with Gasteiger partial charge in [0.25, 0.3) is 0 Å². The third-order valence-corrected chi connectivity index (χ3v) is 4.82. The molecule has 1 amide bonds. The maximum absolute atomic E-state index is 12.6. The summed E-state index contributed by atoms with van der Waals surface area (Å²) in [5, 5.41) is 3.43. The van der Waals surface area contributed by atoms with Crippen LogP contribution >= 0.6 is 0 Å². The van der Waals surface area contributed by atoms with Crippen LogP contribution in [-0.4, -0.2) is 29.4 Å². The standard InChI is InChI=1S/C18H26N2O/c1-13-5-6-15(10-14(13)2)12-20(17-7-8-17)18(21)11-16-4-3-9-19-16/h5-6,10,16-17,19H,3-4,7-9,11-12H2,1-2H3. The van der Waals surface area contributed by atoms with Gasteiger partial charge in [-0.1, -0.05) is 18.2 Å². The number of hydrogen-bond donors (Lipinski definition) is 1. The first kappa shape index (κ1) is 14.6. The normalized spacial score (nSPS) is 21.5. The summed E-state index contributed by atoms with van der Waals surface area (Å²) < 4.78 is 0. The fraction of sp³-hybridized carbons (Fsp3) is 0.611. The fourth-order valence-corrected chi connectivity index (χ4v) is 3.16. The van der Waals surface area contributed by atoms with Crippen LogP contribution in [0.4, 0.5) is 0 Å². The number of carbonyl (C=O) groups is 1. The van der Waals surface area contributed by atoms with E-state index in [1.165, 1.54) is 36.0 Å². The maximum Gasteiger partial charge on any atom is 0.224 e. The van der Waals surface area contributed by atoms with Crippen molar-refractivity contribution < 1.29 is 4.79 Å². The molecule has 2 aliphatic rings. The SMILES string of the molecule is Cc1ccc(CN(C(=O)CC2CCCN2)C2CC2)cc1C. The van der Waals surface area contributed by atoms with Crippen molar-refractivity contribution in [2.24, 2.45) is 0 Å². The Hall–Kier alpha value is -1.35. The largest absolute Gasteiger partial charge is 0.335 e. The molecule has 1 aliphatic carbocycles. The molecular formula is C18H26N2O. The summed E-state index contributed by atoms with van der Waals surface area (Å²) in [6.45, 7) is 6.12. The first-order valence-corrected chi connectivity index (χ1v) is 8.22. The Morgan fingerprint density at radius 2 is 2.05 bits per heavy atom. The number of benzene rings is 1. The van der Waals surface area contributed by atoms with Crippen molar-refractivity contribution in [3.63, 3.8) is 0 Å². The average molecular weight is 286 g/mol. The van der Waals surface area contributed by atoms with Gasteiger partial charge in [-0.25, -0.2) is 0 Å². The Balaban J connectivity index is 1.66. The molecule has 2 fully saturated rings. The van der Waals surface area contributed by atoms with Gasteiger partial charge in [0.05, 0.1) is 0 Å². The summed E-state index contributed by atoms with van der Waals surface area (Å²) in [7, 11) is 0. The maximum atomic E-state index is 12.6. The van der Waals surface area contributed by atoms with Crippen LogP contribution in [0.5, 0.6) is 0 Å². The number of amides is 1. The number of carbonyl (C=O) groups excluding carboxylic acids is 1. The molecule has 1 aromatic carbocycles. The zero-order chi connectivity index (χ0) is 14.8. The Kier molecular flexibility index (Phi) is 4.29. The van der Waals surface area contributed by atoms with E-state index in [-0.39, 0.29) is 0 Å². The molecular weight excluding hydrogens is 260 g/mol. The summed E-state index contributed by atoms with van der Waals surface area (Å²) in [5.74, 6) is 0.329. The average Bonchev–Trinajstić information content (AvgIpc) is 3.17. The zero-order valence-electron chi connectivity index (χ0n) is 13.2. The van der Waals surface area contributed by atoms with Gasteiger partial charge in [0.1, 0.15) is 0 Å². The fourth-order valence-electron chi connectivity index (χ4n) is 3.16. The van der Waals surface area contributed by atoms with Crippen LogP contribution in [0, 0.1) is 13.8 Å². The van der Waals surface area contributed by atoms with Crippen LogP contribution in [0.3, 0.4) is 0 Å². The lowest BCUT2D eigenvalue weighted by atomic mass is 10.1. The van der Waals surface area contributed by atoms with Crippen LogP contribution in [0.2, 0.25) is 0 Å².